The number of esters is 1. The zero-order chi connectivity index (χ0) is 17.4. The molecular weight excluding hydrogens is 306 g/mol. The molecule has 0 bridgehead atoms. The Labute approximate surface area is 141 Å². The van der Waals surface area contributed by atoms with Gasteiger partial charge in [0.2, 0.25) is 0 Å². The SMILES string of the molecule is CCCCNC(=O)COC(=O)c1ccc(-c2ccc(O)cc2)cc1. The highest BCUT2D eigenvalue weighted by molar-refractivity contribution is 5.91. The van der Waals surface area contributed by atoms with Gasteiger partial charge >= 0.3 is 5.97 Å². The van der Waals surface area contributed by atoms with Crippen LogP contribution in [0.5, 0.6) is 5.75 Å². The van der Waals surface area contributed by atoms with Crippen molar-refractivity contribution in [1.82, 2.24) is 5.32 Å². The van der Waals surface area contributed by atoms with Gasteiger partial charge < -0.3 is 15.2 Å². The topological polar surface area (TPSA) is 75.6 Å². The first-order valence-electron chi connectivity index (χ1n) is 7.93. The van der Waals surface area contributed by atoms with Crippen LogP contribution >= 0.6 is 0 Å². The predicted octanol–water partition coefficient (Wildman–Crippen LogP) is 3.13. The van der Waals surface area contributed by atoms with Gasteiger partial charge in [0, 0.05) is 6.54 Å². The quantitative estimate of drug-likeness (QED) is 0.605. The summed E-state index contributed by atoms with van der Waals surface area (Å²) in [5.74, 6) is -0.619. The lowest BCUT2D eigenvalue weighted by molar-refractivity contribution is -0.124. The largest absolute Gasteiger partial charge is 0.508 e. The van der Waals surface area contributed by atoms with Crippen LogP contribution in [0.15, 0.2) is 48.5 Å². The summed E-state index contributed by atoms with van der Waals surface area (Å²) in [7, 11) is 0. The van der Waals surface area contributed by atoms with Gasteiger partial charge in [-0.2, -0.15) is 0 Å². The van der Waals surface area contributed by atoms with Gasteiger partial charge in [0.25, 0.3) is 5.91 Å². The average molecular weight is 327 g/mol. The summed E-state index contributed by atoms with van der Waals surface area (Å²) in [5, 5.41) is 12.0. The normalized spacial score (nSPS) is 10.2. The van der Waals surface area contributed by atoms with Gasteiger partial charge in [-0.15, -0.1) is 0 Å². The predicted molar refractivity (Wildman–Crippen MR) is 91.7 cm³/mol. The zero-order valence-corrected chi connectivity index (χ0v) is 13.6. The molecule has 0 spiro atoms. The lowest BCUT2D eigenvalue weighted by Crippen LogP contribution is -2.29. The minimum Gasteiger partial charge on any atom is -0.508 e. The van der Waals surface area contributed by atoms with Crippen molar-refractivity contribution >= 4 is 11.9 Å². The van der Waals surface area contributed by atoms with E-state index in [4.69, 9.17) is 4.74 Å². The zero-order valence-electron chi connectivity index (χ0n) is 13.6. The molecule has 0 aliphatic heterocycles. The first-order chi connectivity index (χ1) is 11.6. The Kier molecular flexibility index (Phi) is 6.37. The summed E-state index contributed by atoms with van der Waals surface area (Å²) in [4.78, 5) is 23.4. The molecule has 0 saturated carbocycles. The first kappa shape index (κ1) is 17.5. The monoisotopic (exact) mass is 327 g/mol. The molecule has 0 aromatic heterocycles. The van der Waals surface area contributed by atoms with Gasteiger partial charge in [-0.25, -0.2) is 4.79 Å². The number of unbranched alkanes of at least 4 members (excludes halogenated alkanes) is 1. The Morgan fingerprint density at radius 2 is 1.58 bits per heavy atom. The second kappa shape index (κ2) is 8.72. The number of nitrogens with one attached hydrogen (secondary N) is 1. The number of rotatable bonds is 7. The van der Waals surface area contributed by atoms with E-state index in [0.717, 1.165) is 24.0 Å². The molecule has 5 heteroatoms. The van der Waals surface area contributed by atoms with E-state index in [1.54, 1.807) is 48.5 Å². The molecule has 2 aromatic carbocycles. The van der Waals surface area contributed by atoms with Crippen molar-refractivity contribution in [2.45, 2.75) is 19.8 Å². The molecule has 5 nitrogen and oxygen atoms in total. The van der Waals surface area contributed by atoms with E-state index in [0.29, 0.717) is 12.1 Å². The standard InChI is InChI=1S/C19H21NO4/c1-2-3-12-20-18(22)13-24-19(23)16-6-4-14(5-7-16)15-8-10-17(21)11-9-15/h4-11,21H,2-3,12-13H2,1H3,(H,20,22). The van der Waals surface area contributed by atoms with E-state index in [2.05, 4.69) is 5.32 Å². The van der Waals surface area contributed by atoms with Gasteiger partial charge in [0.05, 0.1) is 5.56 Å². The molecule has 0 saturated heterocycles. The Balaban J connectivity index is 1.89. The van der Waals surface area contributed by atoms with Crippen LogP contribution in [0.2, 0.25) is 0 Å². The number of hydrogen-bond acceptors (Lipinski definition) is 4. The minimum absolute atomic E-state index is 0.205. The number of ether oxygens (including phenoxy) is 1. The lowest BCUT2D eigenvalue weighted by Gasteiger charge is -2.07. The van der Waals surface area contributed by atoms with Crippen molar-refractivity contribution in [3.63, 3.8) is 0 Å². The molecule has 0 atom stereocenters. The number of phenolic OH excluding ortho intramolecular Hbond substituents is 1. The average Bonchev–Trinajstić information content (AvgIpc) is 2.61. The lowest BCUT2D eigenvalue weighted by atomic mass is 10.0. The highest BCUT2D eigenvalue weighted by Gasteiger charge is 2.10. The number of benzene rings is 2. The van der Waals surface area contributed by atoms with Crippen LogP contribution in [-0.2, 0) is 9.53 Å². The van der Waals surface area contributed by atoms with E-state index in [9.17, 15) is 14.7 Å². The van der Waals surface area contributed by atoms with Crippen LogP contribution in [0.1, 0.15) is 30.1 Å². The molecule has 126 valence electrons. The van der Waals surface area contributed by atoms with Crippen LogP contribution < -0.4 is 5.32 Å². The second-order valence-corrected chi connectivity index (χ2v) is 5.40. The van der Waals surface area contributed by atoms with Crippen molar-refractivity contribution in [3.05, 3.63) is 54.1 Å². The van der Waals surface area contributed by atoms with E-state index < -0.39 is 5.97 Å². The van der Waals surface area contributed by atoms with E-state index in [1.807, 2.05) is 6.92 Å². The summed E-state index contributed by atoms with van der Waals surface area (Å²) in [6.07, 6.45) is 1.89. The molecular formula is C19H21NO4. The molecule has 24 heavy (non-hydrogen) atoms. The molecule has 1 amide bonds. The molecule has 0 unspecified atom stereocenters. The molecule has 0 fully saturated rings. The second-order valence-electron chi connectivity index (χ2n) is 5.40. The van der Waals surface area contributed by atoms with Crippen LogP contribution in [0.4, 0.5) is 0 Å². The molecule has 0 radical (unpaired) electrons. The number of phenols is 1. The van der Waals surface area contributed by atoms with Crippen LogP contribution in [0.3, 0.4) is 0 Å². The highest BCUT2D eigenvalue weighted by Crippen LogP contribution is 2.22. The van der Waals surface area contributed by atoms with Gasteiger partial charge in [-0.1, -0.05) is 37.6 Å². The number of aromatic hydroxyl groups is 1. The Morgan fingerprint density at radius 1 is 1.00 bits per heavy atom. The van der Waals surface area contributed by atoms with Crippen LogP contribution in [-0.4, -0.2) is 30.1 Å². The van der Waals surface area contributed by atoms with Crippen molar-refractivity contribution in [1.29, 1.82) is 0 Å². The molecule has 0 aliphatic carbocycles. The maximum absolute atomic E-state index is 11.9. The van der Waals surface area contributed by atoms with Gasteiger partial charge in [-0.3, -0.25) is 4.79 Å². The fraction of sp³-hybridized carbons (Fsp3) is 0.263. The first-order valence-corrected chi connectivity index (χ1v) is 7.93. The molecule has 0 aliphatic rings. The molecule has 2 aromatic rings. The van der Waals surface area contributed by atoms with E-state index in [-0.39, 0.29) is 18.3 Å². The van der Waals surface area contributed by atoms with Crippen molar-refractivity contribution in [2.24, 2.45) is 0 Å². The summed E-state index contributed by atoms with van der Waals surface area (Å²) in [6.45, 7) is 2.35. The highest BCUT2D eigenvalue weighted by atomic mass is 16.5. The summed E-state index contributed by atoms with van der Waals surface area (Å²) in [5.41, 5.74) is 2.24. The Morgan fingerprint density at radius 3 is 2.17 bits per heavy atom. The number of carbonyl (C=O) groups is 2. The summed E-state index contributed by atoms with van der Waals surface area (Å²) in [6, 6.07) is 13.7. The maximum atomic E-state index is 11.9. The van der Waals surface area contributed by atoms with Crippen molar-refractivity contribution in [3.8, 4) is 16.9 Å². The van der Waals surface area contributed by atoms with Crippen molar-refractivity contribution < 1.29 is 19.4 Å². The summed E-state index contributed by atoms with van der Waals surface area (Å²) >= 11 is 0. The molecule has 2 N–H and O–H groups in total. The van der Waals surface area contributed by atoms with Crippen LogP contribution in [0.25, 0.3) is 11.1 Å². The number of amides is 1. The summed E-state index contributed by atoms with van der Waals surface area (Å²) < 4.78 is 5.00. The molecule has 0 heterocycles. The minimum atomic E-state index is -0.530. The number of carbonyl (C=O) groups excluding carboxylic acids is 2. The third-order valence-corrected chi connectivity index (χ3v) is 3.51. The van der Waals surface area contributed by atoms with E-state index in [1.165, 1.54) is 0 Å². The van der Waals surface area contributed by atoms with Crippen LogP contribution in [0, 0.1) is 0 Å². The smallest absolute Gasteiger partial charge is 0.338 e. The Hall–Kier alpha value is -2.82. The van der Waals surface area contributed by atoms with Gasteiger partial charge in [-0.05, 0) is 41.8 Å². The third kappa shape index (κ3) is 5.12. The molecule has 2 rings (SSSR count). The van der Waals surface area contributed by atoms with E-state index >= 15 is 0 Å². The van der Waals surface area contributed by atoms with Crippen molar-refractivity contribution in [2.75, 3.05) is 13.2 Å². The number of hydrogen-bond donors (Lipinski definition) is 2. The van der Waals surface area contributed by atoms with Gasteiger partial charge in [0.15, 0.2) is 6.61 Å². The third-order valence-electron chi connectivity index (χ3n) is 3.51. The Bertz CT molecular complexity index is 678. The van der Waals surface area contributed by atoms with Gasteiger partial charge in [0.1, 0.15) is 5.75 Å². The maximum Gasteiger partial charge on any atom is 0.338 e. The fourth-order valence-corrected chi connectivity index (χ4v) is 2.12. The fourth-order valence-electron chi connectivity index (χ4n) is 2.12.